The molecule has 13 heavy (non-hydrogen) atoms. The van der Waals surface area contributed by atoms with E-state index in [0.717, 1.165) is 11.3 Å². The number of rotatable bonds is 1. The molecule has 0 atom stereocenters. The number of aryl methyl sites for hydroxylation is 1. The molecule has 0 bridgehead atoms. The van der Waals surface area contributed by atoms with Gasteiger partial charge in [-0.1, -0.05) is 13.0 Å². The molecule has 0 unspecified atom stereocenters. The zero-order valence-corrected chi connectivity index (χ0v) is 10.5. The van der Waals surface area contributed by atoms with Crippen molar-refractivity contribution in [3.8, 4) is 0 Å². The highest BCUT2D eigenvalue weighted by atomic mass is 79.9. The van der Waals surface area contributed by atoms with Gasteiger partial charge in [-0.15, -0.1) is 24.0 Å². The Hall–Kier alpha value is 0.01000. The van der Waals surface area contributed by atoms with Gasteiger partial charge in [0, 0.05) is 24.3 Å². The number of thiol groups is 1. The Morgan fingerprint density at radius 3 is 2.92 bits per heavy atom. The summed E-state index contributed by atoms with van der Waals surface area (Å²) >= 11 is 9.79. The maximum Gasteiger partial charge on any atom is 0.0393 e. The van der Waals surface area contributed by atoms with Gasteiger partial charge < -0.3 is 0 Å². The normalized spacial score (nSPS) is 11.0. The quantitative estimate of drug-likeness (QED) is 0.726. The van der Waals surface area contributed by atoms with Gasteiger partial charge in [0.05, 0.1) is 0 Å². The molecule has 68 valence electrons. The Balaban J connectivity index is 2.76. The summed E-state index contributed by atoms with van der Waals surface area (Å²) in [5.74, 6) is 0. The van der Waals surface area contributed by atoms with Gasteiger partial charge in [0.25, 0.3) is 0 Å². The zero-order valence-electron chi connectivity index (χ0n) is 7.17. The molecule has 0 saturated heterocycles. The Bertz CT molecular complexity index is 445. The van der Waals surface area contributed by atoms with E-state index in [2.05, 4.69) is 47.6 Å². The smallest absolute Gasteiger partial charge is 0.0393 e. The number of hydrogen-bond acceptors (Lipinski definition) is 2. The molecule has 0 radical (unpaired) electrons. The van der Waals surface area contributed by atoms with Crippen molar-refractivity contribution in [2.75, 3.05) is 0 Å². The van der Waals surface area contributed by atoms with Gasteiger partial charge >= 0.3 is 0 Å². The number of benzene rings is 1. The summed E-state index contributed by atoms with van der Waals surface area (Å²) in [6.07, 6.45) is 1.09. The minimum Gasteiger partial charge on any atom is -0.143 e. The van der Waals surface area contributed by atoms with Gasteiger partial charge in [0.15, 0.2) is 0 Å². The minimum absolute atomic E-state index is 1.03. The lowest BCUT2D eigenvalue weighted by atomic mass is 10.2. The number of hydrogen-bond donors (Lipinski definition) is 1. The SMILES string of the molecule is CCc1sc2cc(S)ccc2c1Br. The molecule has 0 saturated carbocycles. The molecule has 1 aromatic heterocycles. The van der Waals surface area contributed by atoms with Crippen molar-refractivity contribution in [1.29, 1.82) is 0 Å². The maximum absolute atomic E-state index is 4.32. The molecular formula is C10H9BrS2. The monoisotopic (exact) mass is 272 g/mol. The van der Waals surface area contributed by atoms with E-state index in [4.69, 9.17) is 0 Å². The van der Waals surface area contributed by atoms with Gasteiger partial charge in [-0.25, -0.2) is 0 Å². The first-order chi connectivity index (χ1) is 6.22. The van der Waals surface area contributed by atoms with E-state index < -0.39 is 0 Å². The van der Waals surface area contributed by atoms with Crippen LogP contribution in [0.5, 0.6) is 0 Å². The first kappa shape index (κ1) is 9.56. The summed E-state index contributed by atoms with van der Waals surface area (Å²) in [6.45, 7) is 2.18. The molecule has 0 aliphatic carbocycles. The number of thiophene rings is 1. The summed E-state index contributed by atoms with van der Waals surface area (Å²) in [6, 6.07) is 6.27. The molecule has 0 nitrogen and oxygen atoms in total. The molecule has 0 fully saturated rings. The van der Waals surface area contributed by atoms with Crippen molar-refractivity contribution in [3.63, 3.8) is 0 Å². The van der Waals surface area contributed by atoms with Crippen LogP contribution in [0.4, 0.5) is 0 Å². The van der Waals surface area contributed by atoms with Crippen LogP contribution in [0.15, 0.2) is 27.6 Å². The molecule has 0 amide bonds. The molecular weight excluding hydrogens is 264 g/mol. The van der Waals surface area contributed by atoms with E-state index in [9.17, 15) is 0 Å². The Labute approximate surface area is 95.5 Å². The molecule has 1 aromatic carbocycles. The first-order valence-corrected chi connectivity index (χ1v) is 6.18. The Morgan fingerprint density at radius 1 is 1.46 bits per heavy atom. The Kier molecular flexibility index (Phi) is 2.67. The predicted molar refractivity (Wildman–Crippen MR) is 66.2 cm³/mol. The summed E-state index contributed by atoms with van der Waals surface area (Å²) in [5, 5.41) is 1.31. The summed E-state index contributed by atoms with van der Waals surface area (Å²) in [4.78, 5) is 2.44. The van der Waals surface area contributed by atoms with Crippen molar-refractivity contribution in [2.45, 2.75) is 18.2 Å². The van der Waals surface area contributed by atoms with Crippen LogP contribution in [0.3, 0.4) is 0 Å². The second-order valence-corrected chi connectivity index (χ2v) is 5.32. The van der Waals surface area contributed by atoms with Crippen molar-refractivity contribution < 1.29 is 0 Å². The molecule has 0 spiro atoms. The highest BCUT2D eigenvalue weighted by Gasteiger charge is 2.07. The average molecular weight is 273 g/mol. The van der Waals surface area contributed by atoms with Crippen LogP contribution in [-0.4, -0.2) is 0 Å². The highest BCUT2D eigenvalue weighted by Crippen LogP contribution is 2.36. The van der Waals surface area contributed by atoms with E-state index in [-0.39, 0.29) is 0 Å². The fourth-order valence-electron chi connectivity index (χ4n) is 1.33. The second kappa shape index (κ2) is 3.64. The molecule has 2 aromatic rings. The van der Waals surface area contributed by atoms with E-state index in [0.29, 0.717) is 0 Å². The molecule has 0 N–H and O–H groups in total. The van der Waals surface area contributed by atoms with Crippen LogP contribution in [0.2, 0.25) is 0 Å². The lowest BCUT2D eigenvalue weighted by Crippen LogP contribution is -1.70. The first-order valence-electron chi connectivity index (χ1n) is 4.12. The summed E-state index contributed by atoms with van der Waals surface area (Å²) in [5.41, 5.74) is 0. The highest BCUT2D eigenvalue weighted by molar-refractivity contribution is 9.10. The van der Waals surface area contributed by atoms with E-state index >= 15 is 0 Å². The standard InChI is InChI=1S/C10H9BrS2/c1-2-8-10(11)7-4-3-6(12)5-9(7)13-8/h3-5,12H,2H2,1H3. The van der Waals surface area contributed by atoms with Crippen LogP contribution in [0, 0.1) is 0 Å². The maximum atomic E-state index is 4.32. The lowest BCUT2D eigenvalue weighted by Gasteiger charge is -1.91. The fourth-order valence-corrected chi connectivity index (χ4v) is 3.70. The van der Waals surface area contributed by atoms with Gasteiger partial charge in [-0.05, 0) is 34.5 Å². The van der Waals surface area contributed by atoms with Crippen LogP contribution in [-0.2, 0) is 6.42 Å². The van der Waals surface area contributed by atoms with Gasteiger partial charge in [-0.2, -0.15) is 0 Å². The topological polar surface area (TPSA) is 0 Å². The molecule has 1 heterocycles. The Morgan fingerprint density at radius 2 is 2.23 bits per heavy atom. The second-order valence-electron chi connectivity index (χ2n) is 2.87. The average Bonchev–Trinajstić information content (AvgIpc) is 2.42. The molecule has 0 aliphatic rings. The lowest BCUT2D eigenvalue weighted by molar-refractivity contribution is 1.18. The molecule has 3 heteroatoms. The van der Waals surface area contributed by atoms with Gasteiger partial charge in [0.2, 0.25) is 0 Å². The van der Waals surface area contributed by atoms with Crippen molar-refractivity contribution in [1.82, 2.24) is 0 Å². The van der Waals surface area contributed by atoms with E-state index in [1.165, 1.54) is 19.4 Å². The van der Waals surface area contributed by atoms with Crippen LogP contribution in [0.1, 0.15) is 11.8 Å². The largest absolute Gasteiger partial charge is 0.143 e. The zero-order chi connectivity index (χ0) is 9.42. The summed E-state index contributed by atoms with van der Waals surface area (Å²) in [7, 11) is 0. The fraction of sp³-hybridized carbons (Fsp3) is 0.200. The number of fused-ring (bicyclic) bond motifs is 1. The minimum atomic E-state index is 1.03. The van der Waals surface area contributed by atoms with E-state index in [1.807, 2.05) is 17.4 Å². The van der Waals surface area contributed by atoms with Crippen LogP contribution < -0.4 is 0 Å². The van der Waals surface area contributed by atoms with Crippen molar-refractivity contribution in [3.05, 3.63) is 27.5 Å². The van der Waals surface area contributed by atoms with Crippen molar-refractivity contribution >= 4 is 50.0 Å². The van der Waals surface area contributed by atoms with Crippen molar-refractivity contribution in [2.24, 2.45) is 0 Å². The number of halogens is 1. The van der Waals surface area contributed by atoms with Gasteiger partial charge in [-0.3, -0.25) is 0 Å². The summed E-state index contributed by atoms with van der Waals surface area (Å²) < 4.78 is 2.57. The third-order valence-corrected chi connectivity index (χ3v) is 4.74. The van der Waals surface area contributed by atoms with E-state index in [1.54, 1.807) is 0 Å². The third kappa shape index (κ3) is 1.65. The van der Waals surface area contributed by atoms with Crippen LogP contribution >= 0.6 is 39.9 Å². The van der Waals surface area contributed by atoms with Crippen LogP contribution in [0.25, 0.3) is 10.1 Å². The van der Waals surface area contributed by atoms with Gasteiger partial charge in [0.1, 0.15) is 0 Å². The third-order valence-electron chi connectivity index (χ3n) is 2.00. The molecule has 0 aliphatic heterocycles. The predicted octanol–water partition coefficient (Wildman–Crippen LogP) is 4.51. The molecule has 2 rings (SSSR count).